The smallest absolute Gasteiger partial charge is 0.241 e. The standard InChI is InChI=1S/C22H28N2O3S/c1-16(2)17-11-13-19(14-12-17)24(28(3,26)27)15-22(25)23-21-10-6-8-18-7-4-5-9-20(18)21/h4-5,7,9,11-14,16,21H,6,8,10,15H2,1-3H3,(H,23,25). The van der Waals surface area contributed by atoms with Gasteiger partial charge in [0.1, 0.15) is 6.54 Å². The summed E-state index contributed by atoms with van der Waals surface area (Å²) in [5.41, 5.74) is 4.02. The van der Waals surface area contributed by atoms with Gasteiger partial charge in [0.15, 0.2) is 0 Å². The maximum Gasteiger partial charge on any atom is 0.241 e. The summed E-state index contributed by atoms with van der Waals surface area (Å²) < 4.78 is 25.8. The summed E-state index contributed by atoms with van der Waals surface area (Å²) in [7, 11) is -3.57. The molecule has 1 amide bonds. The summed E-state index contributed by atoms with van der Waals surface area (Å²) in [5, 5.41) is 3.03. The van der Waals surface area contributed by atoms with Crippen LogP contribution < -0.4 is 9.62 Å². The molecule has 0 saturated heterocycles. The van der Waals surface area contributed by atoms with E-state index in [2.05, 4.69) is 25.2 Å². The lowest BCUT2D eigenvalue weighted by Gasteiger charge is -2.28. The van der Waals surface area contributed by atoms with Crippen LogP contribution in [0.2, 0.25) is 0 Å². The Kier molecular flexibility index (Phi) is 6.08. The Balaban J connectivity index is 1.76. The first kappa shape index (κ1) is 20.4. The molecule has 0 fully saturated rings. The summed E-state index contributed by atoms with van der Waals surface area (Å²) in [4.78, 5) is 12.7. The first-order valence-corrected chi connectivity index (χ1v) is 11.6. The minimum absolute atomic E-state index is 0.0674. The Bertz CT molecular complexity index is 937. The number of rotatable bonds is 6. The summed E-state index contributed by atoms with van der Waals surface area (Å²) in [6, 6.07) is 15.4. The molecule has 3 rings (SSSR count). The fourth-order valence-electron chi connectivity index (χ4n) is 3.70. The first-order valence-electron chi connectivity index (χ1n) is 9.70. The highest BCUT2D eigenvalue weighted by atomic mass is 32.2. The van der Waals surface area contributed by atoms with Gasteiger partial charge in [-0.15, -0.1) is 0 Å². The third kappa shape index (κ3) is 4.73. The molecule has 5 nitrogen and oxygen atoms in total. The van der Waals surface area contributed by atoms with Crippen molar-refractivity contribution in [3.8, 4) is 0 Å². The Morgan fingerprint density at radius 3 is 2.46 bits per heavy atom. The normalized spacial score (nSPS) is 16.5. The van der Waals surface area contributed by atoms with Gasteiger partial charge in [0, 0.05) is 0 Å². The molecule has 6 heteroatoms. The van der Waals surface area contributed by atoms with Crippen molar-refractivity contribution in [2.24, 2.45) is 0 Å². The lowest BCUT2D eigenvalue weighted by atomic mass is 9.88. The van der Waals surface area contributed by atoms with Crippen LogP contribution in [0.25, 0.3) is 0 Å². The van der Waals surface area contributed by atoms with Gasteiger partial charge in [-0.1, -0.05) is 50.2 Å². The van der Waals surface area contributed by atoms with Crippen LogP contribution in [0.5, 0.6) is 0 Å². The largest absolute Gasteiger partial charge is 0.348 e. The highest BCUT2D eigenvalue weighted by molar-refractivity contribution is 7.92. The van der Waals surface area contributed by atoms with Crippen LogP contribution >= 0.6 is 0 Å². The molecule has 1 aliphatic rings. The molecular weight excluding hydrogens is 372 g/mol. The van der Waals surface area contributed by atoms with E-state index in [1.54, 1.807) is 12.1 Å². The lowest BCUT2D eigenvalue weighted by molar-refractivity contribution is -0.120. The van der Waals surface area contributed by atoms with E-state index in [-0.39, 0.29) is 18.5 Å². The quantitative estimate of drug-likeness (QED) is 0.803. The molecule has 0 heterocycles. The lowest BCUT2D eigenvalue weighted by Crippen LogP contribution is -2.42. The number of hydrogen-bond donors (Lipinski definition) is 1. The predicted octanol–water partition coefficient (Wildman–Crippen LogP) is 3.77. The van der Waals surface area contributed by atoms with Gasteiger partial charge in [-0.05, 0) is 54.0 Å². The molecule has 1 atom stereocenters. The van der Waals surface area contributed by atoms with Gasteiger partial charge in [0.2, 0.25) is 15.9 Å². The van der Waals surface area contributed by atoms with Gasteiger partial charge in [-0.25, -0.2) is 8.42 Å². The number of nitrogens with one attached hydrogen (secondary N) is 1. The molecular formula is C22H28N2O3S. The minimum atomic E-state index is -3.57. The van der Waals surface area contributed by atoms with E-state index < -0.39 is 10.0 Å². The third-order valence-corrected chi connectivity index (χ3v) is 6.38. The monoisotopic (exact) mass is 400 g/mol. The van der Waals surface area contributed by atoms with Crippen molar-refractivity contribution in [3.05, 3.63) is 65.2 Å². The Morgan fingerprint density at radius 1 is 1.14 bits per heavy atom. The fraction of sp³-hybridized carbons (Fsp3) is 0.409. The molecule has 28 heavy (non-hydrogen) atoms. The first-order chi connectivity index (χ1) is 13.3. The van der Waals surface area contributed by atoms with E-state index in [1.165, 1.54) is 9.87 Å². The fourth-order valence-corrected chi connectivity index (χ4v) is 4.56. The molecule has 2 aromatic rings. The maximum atomic E-state index is 12.7. The van der Waals surface area contributed by atoms with Crippen LogP contribution in [-0.2, 0) is 21.2 Å². The number of sulfonamides is 1. The zero-order chi connectivity index (χ0) is 20.3. The molecule has 1 unspecified atom stereocenters. The predicted molar refractivity (Wildman–Crippen MR) is 113 cm³/mol. The summed E-state index contributed by atoms with van der Waals surface area (Å²) in [5.74, 6) is 0.0652. The van der Waals surface area contributed by atoms with Gasteiger partial charge in [0.05, 0.1) is 18.0 Å². The number of aryl methyl sites for hydroxylation is 1. The van der Waals surface area contributed by atoms with Crippen molar-refractivity contribution in [2.75, 3.05) is 17.1 Å². The van der Waals surface area contributed by atoms with Crippen molar-refractivity contribution in [3.63, 3.8) is 0 Å². The maximum absolute atomic E-state index is 12.7. The van der Waals surface area contributed by atoms with E-state index in [0.29, 0.717) is 11.6 Å². The zero-order valence-corrected chi connectivity index (χ0v) is 17.5. The second-order valence-electron chi connectivity index (χ2n) is 7.73. The van der Waals surface area contributed by atoms with E-state index in [1.807, 2.05) is 30.3 Å². The molecule has 1 N–H and O–H groups in total. The average Bonchev–Trinajstić information content (AvgIpc) is 2.66. The van der Waals surface area contributed by atoms with Crippen molar-refractivity contribution >= 4 is 21.6 Å². The van der Waals surface area contributed by atoms with Gasteiger partial charge in [0.25, 0.3) is 0 Å². The Labute approximate surface area is 167 Å². The minimum Gasteiger partial charge on any atom is -0.348 e. The molecule has 2 aromatic carbocycles. The number of carbonyl (C=O) groups excluding carboxylic acids is 1. The molecule has 0 aromatic heterocycles. The second-order valence-corrected chi connectivity index (χ2v) is 9.63. The van der Waals surface area contributed by atoms with Crippen LogP contribution in [0.15, 0.2) is 48.5 Å². The van der Waals surface area contributed by atoms with Crippen LogP contribution in [-0.4, -0.2) is 27.1 Å². The van der Waals surface area contributed by atoms with Gasteiger partial charge in [-0.2, -0.15) is 0 Å². The zero-order valence-electron chi connectivity index (χ0n) is 16.7. The van der Waals surface area contributed by atoms with Crippen molar-refractivity contribution < 1.29 is 13.2 Å². The molecule has 0 aliphatic heterocycles. The van der Waals surface area contributed by atoms with Gasteiger partial charge < -0.3 is 5.32 Å². The average molecular weight is 401 g/mol. The van der Waals surface area contributed by atoms with E-state index >= 15 is 0 Å². The summed E-state index contributed by atoms with van der Waals surface area (Å²) >= 11 is 0. The number of nitrogens with zero attached hydrogens (tertiary/aromatic N) is 1. The number of fused-ring (bicyclic) bond motifs is 1. The summed E-state index contributed by atoms with van der Waals surface area (Å²) in [6.45, 7) is 3.94. The molecule has 0 bridgehead atoms. The number of amides is 1. The molecule has 0 saturated carbocycles. The van der Waals surface area contributed by atoms with Crippen molar-refractivity contribution in [2.45, 2.75) is 45.1 Å². The Hall–Kier alpha value is -2.34. The van der Waals surface area contributed by atoms with Crippen LogP contribution in [0.4, 0.5) is 5.69 Å². The van der Waals surface area contributed by atoms with Crippen LogP contribution in [0.1, 0.15) is 55.3 Å². The number of carbonyl (C=O) groups is 1. The second kappa shape index (κ2) is 8.35. The van der Waals surface area contributed by atoms with Crippen molar-refractivity contribution in [1.29, 1.82) is 0 Å². The Morgan fingerprint density at radius 2 is 1.82 bits per heavy atom. The van der Waals surface area contributed by atoms with E-state index in [0.717, 1.165) is 36.6 Å². The number of hydrogen-bond acceptors (Lipinski definition) is 3. The number of benzene rings is 2. The summed E-state index contributed by atoms with van der Waals surface area (Å²) in [6.07, 6.45) is 4.02. The van der Waals surface area contributed by atoms with Gasteiger partial charge in [-0.3, -0.25) is 9.10 Å². The highest BCUT2D eigenvalue weighted by Gasteiger charge is 2.25. The molecule has 150 valence electrons. The van der Waals surface area contributed by atoms with Crippen molar-refractivity contribution in [1.82, 2.24) is 5.32 Å². The van der Waals surface area contributed by atoms with Crippen LogP contribution in [0.3, 0.4) is 0 Å². The molecule has 0 radical (unpaired) electrons. The highest BCUT2D eigenvalue weighted by Crippen LogP contribution is 2.29. The van der Waals surface area contributed by atoms with E-state index in [9.17, 15) is 13.2 Å². The van der Waals surface area contributed by atoms with Crippen LogP contribution in [0, 0.1) is 0 Å². The third-order valence-electron chi connectivity index (χ3n) is 5.24. The SMILES string of the molecule is CC(C)c1ccc(N(CC(=O)NC2CCCc3ccccc32)S(C)(=O)=O)cc1. The molecule has 0 spiro atoms. The van der Waals surface area contributed by atoms with E-state index in [4.69, 9.17) is 0 Å². The van der Waals surface area contributed by atoms with Gasteiger partial charge >= 0.3 is 0 Å². The number of anilines is 1. The topological polar surface area (TPSA) is 66.5 Å². The molecule has 1 aliphatic carbocycles.